The molecule has 1 aliphatic rings. The van der Waals surface area contributed by atoms with Crippen LogP contribution in [0, 0.1) is 0 Å². The second kappa shape index (κ2) is 2.64. The minimum atomic E-state index is -0.813. The average Bonchev–Trinajstić information content (AvgIpc) is 2.15. The topological polar surface area (TPSA) is 46.5 Å². The van der Waals surface area contributed by atoms with Crippen molar-refractivity contribution in [3.8, 4) is 0 Å². The van der Waals surface area contributed by atoms with Gasteiger partial charge in [-0.05, 0) is 0 Å². The Morgan fingerprint density at radius 1 is 1.89 bits per heavy atom. The van der Waals surface area contributed by atoms with E-state index in [2.05, 4.69) is 0 Å². The molecule has 1 N–H and O–H groups in total. The maximum Gasteiger partial charge on any atom is 0.306 e. The van der Waals surface area contributed by atoms with E-state index in [0.29, 0.717) is 6.61 Å². The summed E-state index contributed by atoms with van der Waals surface area (Å²) in [6.07, 6.45) is 3.49. The molecule has 0 radical (unpaired) electrons. The van der Waals surface area contributed by atoms with Crippen LogP contribution in [-0.2, 0) is 9.53 Å². The lowest BCUT2D eigenvalue weighted by Gasteiger charge is -2.01. The van der Waals surface area contributed by atoms with E-state index in [9.17, 15) is 4.79 Å². The number of hydrogen-bond donors (Lipinski definition) is 1. The predicted molar refractivity (Wildman–Crippen MR) is 31.1 cm³/mol. The predicted octanol–water partition coefficient (Wildman–Crippen LogP) is 0.416. The van der Waals surface area contributed by atoms with Gasteiger partial charge in [0.15, 0.2) is 0 Å². The summed E-state index contributed by atoms with van der Waals surface area (Å²) in [5.41, 5.74) is 0. The molecule has 1 heterocycles. The van der Waals surface area contributed by atoms with Crippen molar-refractivity contribution in [3.63, 3.8) is 0 Å². The van der Waals surface area contributed by atoms with Crippen LogP contribution in [0.25, 0.3) is 0 Å². The van der Waals surface area contributed by atoms with E-state index in [4.69, 9.17) is 9.84 Å². The number of aliphatic carboxylic acids is 1. The Labute approximate surface area is 52.9 Å². The van der Waals surface area contributed by atoms with Crippen molar-refractivity contribution in [2.24, 2.45) is 0 Å². The highest BCUT2D eigenvalue weighted by Crippen LogP contribution is 2.06. The summed E-state index contributed by atoms with van der Waals surface area (Å²) in [7, 11) is 0. The fourth-order valence-electron chi connectivity index (χ4n) is 0.741. The molecule has 9 heavy (non-hydrogen) atoms. The molecule has 0 saturated carbocycles. The zero-order valence-electron chi connectivity index (χ0n) is 4.91. The first-order valence-corrected chi connectivity index (χ1v) is 2.79. The van der Waals surface area contributed by atoms with E-state index < -0.39 is 5.97 Å². The Bertz CT molecular complexity index is 139. The summed E-state index contributed by atoms with van der Waals surface area (Å²) in [4.78, 5) is 10.0. The van der Waals surface area contributed by atoms with Crippen molar-refractivity contribution >= 4 is 5.97 Å². The highest BCUT2D eigenvalue weighted by atomic mass is 16.5. The zero-order chi connectivity index (χ0) is 6.69. The van der Waals surface area contributed by atoms with Crippen LogP contribution in [0.3, 0.4) is 0 Å². The van der Waals surface area contributed by atoms with Crippen molar-refractivity contribution < 1.29 is 14.6 Å². The molecule has 1 atom stereocenters. The molecule has 0 fully saturated rings. The molecule has 50 valence electrons. The standard InChI is InChI=1S/C6H8O3/c7-6(8)4-5-2-1-3-9-5/h1-2,5H,3-4H2,(H,7,8). The second-order valence-electron chi connectivity index (χ2n) is 1.90. The summed E-state index contributed by atoms with van der Waals surface area (Å²) >= 11 is 0. The largest absolute Gasteiger partial charge is 0.481 e. The van der Waals surface area contributed by atoms with Crippen molar-refractivity contribution in [2.45, 2.75) is 12.5 Å². The van der Waals surface area contributed by atoms with E-state index in [-0.39, 0.29) is 12.5 Å². The van der Waals surface area contributed by atoms with Gasteiger partial charge in [0.25, 0.3) is 0 Å². The summed E-state index contributed by atoms with van der Waals surface area (Å²) in [6, 6.07) is 0. The maximum atomic E-state index is 10.0. The molecule has 0 aromatic carbocycles. The van der Waals surface area contributed by atoms with Gasteiger partial charge in [-0.25, -0.2) is 0 Å². The maximum absolute atomic E-state index is 10.0. The van der Waals surface area contributed by atoms with Crippen LogP contribution in [0.5, 0.6) is 0 Å². The van der Waals surface area contributed by atoms with E-state index in [1.54, 1.807) is 6.08 Å². The van der Waals surface area contributed by atoms with Crippen molar-refractivity contribution in [1.82, 2.24) is 0 Å². The molecule has 3 heteroatoms. The Morgan fingerprint density at radius 3 is 3.11 bits per heavy atom. The van der Waals surface area contributed by atoms with Gasteiger partial charge >= 0.3 is 5.97 Å². The molecule has 0 saturated heterocycles. The van der Waals surface area contributed by atoms with Crippen LogP contribution in [0.1, 0.15) is 6.42 Å². The summed E-state index contributed by atoms with van der Waals surface area (Å²) in [5, 5.41) is 8.26. The summed E-state index contributed by atoms with van der Waals surface area (Å²) < 4.78 is 4.97. The number of ether oxygens (including phenoxy) is 1. The van der Waals surface area contributed by atoms with E-state index in [0.717, 1.165) is 0 Å². The first-order chi connectivity index (χ1) is 4.29. The minimum absolute atomic E-state index is 0.0799. The van der Waals surface area contributed by atoms with E-state index in [1.807, 2.05) is 6.08 Å². The van der Waals surface area contributed by atoms with E-state index >= 15 is 0 Å². The molecule has 0 aromatic rings. The molecule has 1 aliphatic heterocycles. The minimum Gasteiger partial charge on any atom is -0.481 e. The SMILES string of the molecule is O=C(O)CC1C=CCO1. The molecule has 3 nitrogen and oxygen atoms in total. The van der Waals surface area contributed by atoms with E-state index in [1.165, 1.54) is 0 Å². The molecule has 0 aromatic heterocycles. The monoisotopic (exact) mass is 128 g/mol. The quantitative estimate of drug-likeness (QED) is 0.548. The van der Waals surface area contributed by atoms with Crippen LogP contribution in [-0.4, -0.2) is 23.8 Å². The van der Waals surface area contributed by atoms with Crippen molar-refractivity contribution in [1.29, 1.82) is 0 Å². The number of carbonyl (C=O) groups is 1. The molecule has 0 amide bonds. The highest BCUT2D eigenvalue weighted by Gasteiger charge is 2.12. The summed E-state index contributed by atoms with van der Waals surface area (Å²) in [6.45, 7) is 0.554. The van der Waals surface area contributed by atoms with Crippen LogP contribution < -0.4 is 0 Å². The Hall–Kier alpha value is -0.830. The molecular weight excluding hydrogens is 120 g/mol. The third-order valence-corrected chi connectivity index (χ3v) is 1.13. The first kappa shape index (κ1) is 6.29. The third-order valence-electron chi connectivity index (χ3n) is 1.13. The van der Waals surface area contributed by atoms with Crippen LogP contribution in [0.2, 0.25) is 0 Å². The van der Waals surface area contributed by atoms with Crippen LogP contribution in [0.4, 0.5) is 0 Å². The summed E-state index contributed by atoms with van der Waals surface area (Å²) in [5.74, 6) is -0.813. The number of carboxylic acid groups (broad SMARTS) is 1. The molecular formula is C6H8O3. The van der Waals surface area contributed by atoms with Crippen molar-refractivity contribution in [2.75, 3.05) is 6.61 Å². The van der Waals surface area contributed by atoms with Crippen LogP contribution in [0.15, 0.2) is 12.2 Å². The van der Waals surface area contributed by atoms with Crippen molar-refractivity contribution in [3.05, 3.63) is 12.2 Å². The van der Waals surface area contributed by atoms with Gasteiger partial charge in [0.2, 0.25) is 0 Å². The van der Waals surface area contributed by atoms with Gasteiger partial charge in [-0.3, -0.25) is 4.79 Å². The van der Waals surface area contributed by atoms with Crippen LogP contribution >= 0.6 is 0 Å². The van der Waals surface area contributed by atoms with Gasteiger partial charge in [0.05, 0.1) is 19.1 Å². The number of hydrogen-bond acceptors (Lipinski definition) is 2. The van der Waals surface area contributed by atoms with Gasteiger partial charge in [-0.2, -0.15) is 0 Å². The lowest BCUT2D eigenvalue weighted by molar-refractivity contribution is -0.138. The lowest BCUT2D eigenvalue weighted by Crippen LogP contribution is -2.10. The molecule has 1 unspecified atom stereocenters. The van der Waals surface area contributed by atoms with Gasteiger partial charge < -0.3 is 9.84 Å². The normalized spacial score (nSPS) is 24.7. The highest BCUT2D eigenvalue weighted by molar-refractivity contribution is 5.67. The zero-order valence-corrected chi connectivity index (χ0v) is 4.91. The molecule has 1 rings (SSSR count). The Morgan fingerprint density at radius 2 is 2.67 bits per heavy atom. The first-order valence-electron chi connectivity index (χ1n) is 2.79. The Kier molecular flexibility index (Phi) is 1.85. The Balaban J connectivity index is 2.28. The van der Waals surface area contributed by atoms with Gasteiger partial charge in [-0.15, -0.1) is 0 Å². The molecule has 0 aliphatic carbocycles. The smallest absolute Gasteiger partial charge is 0.306 e. The third kappa shape index (κ3) is 1.85. The molecule has 0 spiro atoms. The fourth-order valence-corrected chi connectivity index (χ4v) is 0.741. The van der Waals surface area contributed by atoms with Gasteiger partial charge in [0.1, 0.15) is 0 Å². The van der Waals surface area contributed by atoms with Gasteiger partial charge in [0, 0.05) is 0 Å². The number of carboxylic acids is 1. The lowest BCUT2D eigenvalue weighted by atomic mass is 10.2. The average molecular weight is 128 g/mol. The fraction of sp³-hybridized carbons (Fsp3) is 0.500. The second-order valence-corrected chi connectivity index (χ2v) is 1.90. The number of rotatable bonds is 2. The molecule has 0 bridgehead atoms. The van der Waals surface area contributed by atoms with Gasteiger partial charge in [-0.1, -0.05) is 12.2 Å².